The van der Waals surface area contributed by atoms with Gasteiger partial charge in [0, 0.05) is 15.5 Å². The first kappa shape index (κ1) is 15.2. The Morgan fingerprint density at radius 3 is 2.70 bits per heavy atom. The fourth-order valence-corrected chi connectivity index (χ4v) is 2.72. The third kappa shape index (κ3) is 3.09. The van der Waals surface area contributed by atoms with Gasteiger partial charge in [-0.25, -0.2) is 4.79 Å². The van der Waals surface area contributed by atoms with Crippen LogP contribution in [-0.4, -0.2) is 16.1 Å². The van der Waals surface area contributed by atoms with Crippen LogP contribution in [0, 0.1) is 6.92 Å². The lowest BCUT2D eigenvalue weighted by Crippen LogP contribution is -2.04. The molecule has 0 aliphatic heterocycles. The van der Waals surface area contributed by atoms with E-state index < -0.39 is 6.03 Å². The number of urea groups is 1. The molecule has 0 unspecified atom stereocenters. The van der Waals surface area contributed by atoms with E-state index in [2.05, 4.69) is 36.5 Å². The van der Waals surface area contributed by atoms with Gasteiger partial charge in [-0.2, -0.15) is 0 Å². The first-order chi connectivity index (χ1) is 11.1. The van der Waals surface area contributed by atoms with E-state index in [0.29, 0.717) is 16.6 Å². The number of aryl methyl sites for hydroxylation is 1. The molecular formula is C16H13BrN4O2. The summed E-state index contributed by atoms with van der Waals surface area (Å²) in [5.41, 5.74) is 2.54. The summed E-state index contributed by atoms with van der Waals surface area (Å²) in [4.78, 5) is 14.6. The number of azo groups is 1. The Balaban J connectivity index is 1.90. The van der Waals surface area contributed by atoms with Crippen molar-refractivity contribution in [3.05, 3.63) is 52.5 Å². The van der Waals surface area contributed by atoms with Crippen LogP contribution in [0.2, 0.25) is 0 Å². The maximum atomic E-state index is 11.8. The number of hydrogen-bond donors (Lipinski definition) is 3. The minimum atomic E-state index is -0.617. The van der Waals surface area contributed by atoms with Gasteiger partial charge in [-0.3, -0.25) is 0 Å². The zero-order valence-electron chi connectivity index (χ0n) is 12.2. The summed E-state index contributed by atoms with van der Waals surface area (Å²) >= 11 is 3.47. The maximum Gasteiger partial charge on any atom is 0.364 e. The third-order valence-electron chi connectivity index (χ3n) is 3.32. The largest absolute Gasteiger partial charge is 0.493 e. The molecule has 0 aliphatic carbocycles. The highest BCUT2D eigenvalue weighted by Gasteiger charge is 2.15. The lowest BCUT2D eigenvalue weighted by atomic mass is 10.1. The van der Waals surface area contributed by atoms with E-state index in [9.17, 15) is 9.90 Å². The Bertz CT molecular complexity index is 903. The van der Waals surface area contributed by atoms with Crippen molar-refractivity contribution in [2.24, 2.45) is 10.2 Å². The zero-order chi connectivity index (χ0) is 16.4. The summed E-state index contributed by atoms with van der Waals surface area (Å²) in [6.07, 6.45) is 0. The Morgan fingerprint density at radius 2 is 1.96 bits per heavy atom. The lowest BCUT2D eigenvalue weighted by molar-refractivity contribution is 0.258. The van der Waals surface area contributed by atoms with Crippen molar-refractivity contribution in [1.82, 2.24) is 4.98 Å². The highest BCUT2D eigenvalue weighted by Crippen LogP contribution is 2.41. The molecule has 3 rings (SSSR count). The molecule has 0 saturated heterocycles. The van der Waals surface area contributed by atoms with Crippen molar-refractivity contribution in [3.8, 4) is 5.88 Å². The molecule has 0 fully saturated rings. The van der Waals surface area contributed by atoms with Gasteiger partial charge < -0.3 is 15.4 Å². The van der Waals surface area contributed by atoms with Gasteiger partial charge in [-0.1, -0.05) is 29.4 Å². The van der Waals surface area contributed by atoms with Gasteiger partial charge in [0.25, 0.3) is 0 Å². The molecule has 0 bridgehead atoms. The van der Waals surface area contributed by atoms with Crippen molar-refractivity contribution in [2.45, 2.75) is 6.92 Å². The number of hydrogen-bond acceptors (Lipinski definition) is 3. The van der Waals surface area contributed by atoms with Crippen LogP contribution in [0.25, 0.3) is 10.9 Å². The summed E-state index contributed by atoms with van der Waals surface area (Å²) < 4.78 is 0.795. The third-order valence-corrected chi connectivity index (χ3v) is 4.34. The van der Waals surface area contributed by atoms with E-state index in [1.165, 1.54) is 0 Å². The van der Waals surface area contributed by atoms with Crippen molar-refractivity contribution in [2.75, 3.05) is 5.32 Å². The fraction of sp³-hybridized carbons (Fsp3) is 0.0625. The average Bonchev–Trinajstić information content (AvgIpc) is 2.86. The number of fused-ring (bicyclic) bond motifs is 1. The van der Waals surface area contributed by atoms with Gasteiger partial charge in [0.2, 0.25) is 5.88 Å². The molecule has 0 spiro atoms. The molecule has 1 aromatic heterocycles. The molecule has 3 aromatic rings. The van der Waals surface area contributed by atoms with Gasteiger partial charge in [-0.15, -0.1) is 5.11 Å². The predicted molar refractivity (Wildman–Crippen MR) is 92.4 cm³/mol. The van der Waals surface area contributed by atoms with Crippen LogP contribution in [0.15, 0.2) is 57.2 Å². The number of para-hydroxylation sites is 1. The second-order valence-corrected chi connectivity index (χ2v) is 5.73. The topological polar surface area (TPSA) is 89.8 Å². The van der Waals surface area contributed by atoms with Crippen molar-refractivity contribution >= 4 is 44.2 Å². The van der Waals surface area contributed by atoms with E-state index in [0.717, 1.165) is 10.0 Å². The van der Waals surface area contributed by atoms with Crippen molar-refractivity contribution < 1.29 is 9.90 Å². The van der Waals surface area contributed by atoms with Crippen LogP contribution in [0.4, 0.5) is 16.2 Å². The Kier molecular flexibility index (Phi) is 4.12. The number of aromatic hydroxyl groups is 1. The van der Waals surface area contributed by atoms with Gasteiger partial charge >= 0.3 is 6.03 Å². The van der Waals surface area contributed by atoms with E-state index in [4.69, 9.17) is 0 Å². The normalized spacial score (nSPS) is 11.2. The first-order valence-corrected chi connectivity index (χ1v) is 7.63. The van der Waals surface area contributed by atoms with E-state index >= 15 is 0 Å². The number of nitrogens with zero attached hydrogens (tertiary/aromatic N) is 2. The SMILES string of the molecule is Cc1ccc2[nH]c(O)c(N=NC(=O)Nc3ccccc3)c2c1Br. The number of aromatic amines is 1. The molecule has 6 nitrogen and oxygen atoms in total. The Labute approximate surface area is 140 Å². The summed E-state index contributed by atoms with van der Waals surface area (Å²) in [5, 5.41) is 20.8. The number of rotatable bonds is 2. The van der Waals surface area contributed by atoms with Gasteiger partial charge in [0.1, 0.15) is 0 Å². The fourth-order valence-electron chi connectivity index (χ4n) is 2.18. The van der Waals surface area contributed by atoms with E-state index in [1.54, 1.807) is 24.3 Å². The van der Waals surface area contributed by atoms with Gasteiger partial charge in [0.15, 0.2) is 5.69 Å². The highest BCUT2D eigenvalue weighted by atomic mass is 79.9. The van der Waals surface area contributed by atoms with E-state index in [-0.39, 0.29) is 11.6 Å². The predicted octanol–water partition coefficient (Wildman–Crippen LogP) is 5.26. The number of aromatic nitrogens is 1. The summed E-state index contributed by atoms with van der Waals surface area (Å²) in [7, 11) is 0. The Morgan fingerprint density at radius 1 is 1.22 bits per heavy atom. The second-order valence-electron chi connectivity index (χ2n) is 4.94. The molecule has 1 heterocycles. The standard InChI is InChI=1S/C16H13BrN4O2/c1-9-7-8-11-12(13(9)17)14(15(22)19-11)20-21-16(23)18-10-5-3-2-4-6-10/h2-8,19,22H,1H3,(H,18,23). The molecular weight excluding hydrogens is 360 g/mol. The van der Waals surface area contributed by atoms with Crippen LogP contribution in [0.3, 0.4) is 0 Å². The van der Waals surface area contributed by atoms with Crippen LogP contribution < -0.4 is 5.32 Å². The average molecular weight is 373 g/mol. The lowest BCUT2D eigenvalue weighted by Gasteiger charge is -2.01. The molecule has 0 aliphatic rings. The smallest absolute Gasteiger partial charge is 0.364 e. The molecule has 7 heteroatoms. The summed E-state index contributed by atoms with van der Waals surface area (Å²) in [6.45, 7) is 1.93. The first-order valence-electron chi connectivity index (χ1n) is 6.84. The quantitative estimate of drug-likeness (QED) is 0.535. The number of nitrogens with one attached hydrogen (secondary N) is 2. The minimum Gasteiger partial charge on any atom is -0.493 e. The number of carbonyl (C=O) groups excluding carboxylic acids is 1. The molecule has 2 amide bonds. The molecule has 3 N–H and O–H groups in total. The number of benzene rings is 2. The minimum absolute atomic E-state index is 0.137. The van der Waals surface area contributed by atoms with E-state index in [1.807, 2.05) is 25.1 Å². The number of H-pyrrole nitrogens is 1. The summed E-state index contributed by atoms with van der Waals surface area (Å²) in [5.74, 6) is -0.137. The molecule has 2 aromatic carbocycles. The van der Waals surface area contributed by atoms with Crippen LogP contribution in [0.1, 0.15) is 5.56 Å². The van der Waals surface area contributed by atoms with Crippen LogP contribution in [-0.2, 0) is 0 Å². The van der Waals surface area contributed by atoms with Crippen LogP contribution in [0.5, 0.6) is 5.88 Å². The number of amides is 2. The molecule has 0 saturated carbocycles. The molecule has 116 valence electrons. The monoisotopic (exact) mass is 372 g/mol. The summed E-state index contributed by atoms with van der Waals surface area (Å²) in [6, 6.07) is 12.1. The van der Waals surface area contributed by atoms with Crippen LogP contribution >= 0.6 is 15.9 Å². The highest BCUT2D eigenvalue weighted by molar-refractivity contribution is 9.10. The molecule has 23 heavy (non-hydrogen) atoms. The zero-order valence-corrected chi connectivity index (χ0v) is 13.8. The second kappa shape index (κ2) is 6.21. The Hall–Kier alpha value is -2.67. The number of carbonyl (C=O) groups is 1. The van der Waals surface area contributed by atoms with Crippen molar-refractivity contribution in [3.63, 3.8) is 0 Å². The number of anilines is 1. The number of halogens is 1. The van der Waals surface area contributed by atoms with Gasteiger partial charge in [-0.05, 0) is 46.6 Å². The van der Waals surface area contributed by atoms with Crippen molar-refractivity contribution in [1.29, 1.82) is 0 Å². The molecule has 0 atom stereocenters. The molecule has 0 radical (unpaired) electrons. The maximum absolute atomic E-state index is 11.8. The van der Waals surface area contributed by atoms with Gasteiger partial charge in [0.05, 0.1) is 5.52 Å².